The van der Waals surface area contributed by atoms with Gasteiger partial charge in [-0.1, -0.05) is 66.2 Å². The second-order valence-electron chi connectivity index (χ2n) is 10.8. The van der Waals surface area contributed by atoms with Crippen LogP contribution < -0.4 is 5.32 Å². The normalized spacial score (nSPS) is 15.0. The molecule has 0 bridgehead atoms. The summed E-state index contributed by atoms with van der Waals surface area (Å²) in [7, 11) is 0. The molecule has 0 amide bonds. The Morgan fingerprint density at radius 1 is 1.05 bits per heavy atom. The molecule has 0 spiro atoms. The van der Waals surface area contributed by atoms with Gasteiger partial charge >= 0.3 is 5.97 Å². The molecule has 0 fully saturated rings. The number of aromatic amines is 1. The molecule has 1 atom stereocenters. The summed E-state index contributed by atoms with van der Waals surface area (Å²) in [5, 5.41) is 6.59. The molecule has 1 aromatic heterocycles. The number of carbonyl (C=O) groups is 1. The van der Waals surface area contributed by atoms with E-state index in [4.69, 9.17) is 17.1 Å². The molecule has 0 saturated heterocycles. The number of unbranched alkanes of at least 4 members (excludes halogenated alkanes) is 6. The monoisotopic (exact) mass is 542 g/mol. The number of benzene rings is 1. The Hall–Kier alpha value is -2.12. The van der Waals surface area contributed by atoms with E-state index in [1.54, 1.807) is 5.06 Å². The van der Waals surface area contributed by atoms with Gasteiger partial charge in [0.1, 0.15) is 0 Å². The highest BCUT2D eigenvalue weighted by atomic mass is 32.1. The van der Waals surface area contributed by atoms with Crippen molar-refractivity contribution in [2.45, 2.75) is 105 Å². The Labute approximate surface area is 235 Å². The number of hydrogen-bond donors (Lipinski definition) is 2. The topological polar surface area (TPSA) is 60.6 Å². The van der Waals surface area contributed by atoms with E-state index in [9.17, 15) is 4.79 Å². The Kier molecular flexibility index (Phi) is 12.9. The van der Waals surface area contributed by atoms with Gasteiger partial charge in [0.15, 0.2) is 0 Å². The molecule has 1 aliphatic carbocycles. The van der Waals surface area contributed by atoms with E-state index >= 15 is 0 Å². The van der Waals surface area contributed by atoms with Gasteiger partial charge in [0.2, 0.25) is 5.11 Å². The van der Waals surface area contributed by atoms with Crippen LogP contribution in [0.4, 0.5) is 5.69 Å². The fourth-order valence-corrected chi connectivity index (χ4v) is 5.79. The first-order chi connectivity index (χ1) is 18.5. The number of anilines is 1. The number of thiocarbonyl (C=S) groups is 1. The molecule has 3 rings (SSSR count). The average molecular weight is 543 g/mol. The Balaban J connectivity index is 1.57. The van der Waals surface area contributed by atoms with Crippen LogP contribution in [0, 0.1) is 5.92 Å². The van der Waals surface area contributed by atoms with Crippen molar-refractivity contribution in [3.05, 3.63) is 29.5 Å². The maximum absolute atomic E-state index is 12.5. The lowest BCUT2D eigenvalue weighted by Crippen LogP contribution is -2.37. The largest absolute Gasteiger partial charge is 0.358 e. The van der Waals surface area contributed by atoms with Gasteiger partial charge in [-0.2, -0.15) is 5.06 Å². The van der Waals surface area contributed by atoms with Gasteiger partial charge in [-0.25, -0.2) is 4.79 Å². The van der Waals surface area contributed by atoms with Gasteiger partial charge in [0, 0.05) is 35.2 Å². The molecule has 38 heavy (non-hydrogen) atoms. The number of fused-ring (bicyclic) bond motifs is 3. The van der Waals surface area contributed by atoms with Crippen molar-refractivity contribution in [1.82, 2.24) is 14.9 Å². The summed E-state index contributed by atoms with van der Waals surface area (Å²) in [4.78, 5) is 24.4. The molecule has 1 unspecified atom stereocenters. The second-order valence-corrected chi connectivity index (χ2v) is 11.2. The third-order valence-corrected chi connectivity index (χ3v) is 8.11. The van der Waals surface area contributed by atoms with Crippen molar-refractivity contribution >= 4 is 39.9 Å². The second kappa shape index (κ2) is 16.1. The van der Waals surface area contributed by atoms with Crippen LogP contribution in [0.2, 0.25) is 0 Å². The minimum Gasteiger partial charge on any atom is -0.358 e. The zero-order chi connectivity index (χ0) is 27.3. The van der Waals surface area contributed by atoms with Gasteiger partial charge in [0.05, 0.1) is 6.54 Å². The minimum absolute atomic E-state index is 0.203. The molecule has 0 saturated carbocycles. The third kappa shape index (κ3) is 8.98. The summed E-state index contributed by atoms with van der Waals surface area (Å²) in [6, 6.07) is 6.38. The van der Waals surface area contributed by atoms with Crippen LogP contribution in [0.1, 0.15) is 103 Å². The Morgan fingerprint density at radius 2 is 1.79 bits per heavy atom. The number of nitrogens with one attached hydrogen (secondary N) is 2. The molecule has 1 aromatic carbocycles. The highest BCUT2D eigenvalue weighted by molar-refractivity contribution is 7.80. The van der Waals surface area contributed by atoms with Crippen LogP contribution >= 0.6 is 12.2 Å². The van der Waals surface area contributed by atoms with Crippen molar-refractivity contribution in [1.29, 1.82) is 0 Å². The molecule has 6 nitrogen and oxygen atoms in total. The van der Waals surface area contributed by atoms with Crippen LogP contribution in [-0.2, 0) is 22.5 Å². The predicted octanol–water partition coefficient (Wildman–Crippen LogP) is 7.62. The van der Waals surface area contributed by atoms with E-state index in [2.05, 4.69) is 61.1 Å². The first-order valence-electron chi connectivity index (χ1n) is 15.1. The van der Waals surface area contributed by atoms with E-state index in [0.29, 0.717) is 24.0 Å². The lowest BCUT2D eigenvalue weighted by Gasteiger charge is -2.28. The van der Waals surface area contributed by atoms with Crippen molar-refractivity contribution in [3.63, 3.8) is 0 Å². The smallest absolute Gasteiger partial charge is 0.332 e. The molecule has 7 heteroatoms. The lowest BCUT2D eigenvalue weighted by molar-refractivity contribution is -0.172. The predicted molar refractivity (Wildman–Crippen MR) is 164 cm³/mol. The number of hydroxylamine groups is 2. The standard InChI is InChI=1S/C31H50N4O2S/c1-5-9-10-11-12-13-14-15-30(36)37-35(20-6-2)31(38)32-25-17-19-29-27(22-25)26-21-24(16-18-28(26)33-29)23-34(7-3)8-4/h17,19,22,24,33H,5-16,18,20-21,23H2,1-4H3,(H,32,38). The lowest BCUT2D eigenvalue weighted by atomic mass is 9.86. The zero-order valence-electron chi connectivity index (χ0n) is 24.2. The average Bonchev–Trinajstić information content (AvgIpc) is 3.28. The maximum atomic E-state index is 12.5. The van der Waals surface area contributed by atoms with Crippen LogP contribution in [0.15, 0.2) is 18.2 Å². The number of rotatable bonds is 15. The van der Waals surface area contributed by atoms with E-state index in [1.807, 2.05) is 0 Å². The fraction of sp³-hybridized carbons (Fsp3) is 0.677. The van der Waals surface area contributed by atoms with Crippen LogP contribution in [-0.4, -0.2) is 52.2 Å². The van der Waals surface area contributed by atoms with Crippen molar-refractivity contribution in [2.75, 3.05) is 31.5 Å². The van der Waals surface area contributed by atoms with Gasteiger partial charge in [-0.15, -0.1) is 0 Å². The van der Waals surface area contributed by atoms with Gasteiger partial charge < -0.3 is 20.0 Å². The molecular weight excluding hydrogens is 492 g/mol. The van der Waals surface area contributed by atoms with Crippen LogP contribution in [0.3, 0.4) is 0 Å². The Bertz CT molecular complexity index is 1020. The summed E-state index contributed by atoms with van der Waals surface area (Å²) < 4.78 is 0. The highest BCUT2D eigenvalue weighted by Gasteiger charge is 2.24. The minimum atomic E-state index is -0.203. The summed E-state index contributed by atoms with van der Waals surface area (Å²) in [6.45, 7) is 12.7. The third-order valence-electron chi connectivity index (χ3n) is 7.80. The first-order valence-corrected chi connectivity index (χ1v) is 15.5. The number of aryl methyl sites for hydroxylation is 1. The van der Waals surface area contributed by atoms with E-state index in [1.165, 1.54) is 60.7 Å². The quantitative estimate of drug-likeness (QED) is 0.137. The summed E-state index contributed by atoms with van der Waals surface area (Å²) in [6.07, 6.45) is 13.0. The SMILES string of the molecule is CCCCCCCCCC(=O)ON(CCC)C(=S)Nc1ccc2[nH]c3c(c2c1)CC(CN(CC)CC)CC3. The Morgan fingerprint density at radius 3 is 2.50 bits per heavy atom. The molecule has 1 heterocycles. The summed E-state index contributed by atoms with van der Waals surface area (Å²) in [5.74, 6) is 0.487. The first kappa shape index (κ1) is 30.4. The number of H-pyrrole nitrogens is 1. The maximum Gasteiger partial charge on any atom is 0.332 e. The van der Waals surface area contributed by atoms with Crippen molar-refractivity contribution in [2.24, 2.45) is 5.92 Å². The molecule has 212 valence electrons. The van der Waals surface area contributed by atoms with Crippen molar-refractivity contribution < 1.29 is 9.63 Å². The number of aromatic nitrogens is 1. The van der Waals surface area contributed by atoms with Crippen molar-refractivity contribution in [3.8, 4) is 0 Å². The van der Waals surface area contributed by atoms with E-state index in [-0.39, 0.29) is 5.97 Å². The zero-order valence-corrected chi connectivity index (χ0v) is 25.1. The number of hydrogen-bond acceptors (Lipinski definition) is 4. The van der Waals surface area contributed by atoms with Gasteiger partial charge in [-0.05, 0) is 87.1 Å². The number of carbonyl (C=O) groups excluding carboxylic acids is 1. The molecule has 2 N–H and O–H groups in total. The van der Waals surface area contributed by atoms with Crippen LogP contribution in [0.25, 0.3) is 10.9 Å². The van der Waals surface area contributed by atoms with Gasteiger partial charge in [-0.3, -0.25) is 0 Å². The summed E-state index contributed by atoms with van der Waals surface area (Å²) in [5.41, 5.74) is 4.94. The number of nitrogens with zero attached hydrogens (tertiary/aromatic N) is 2. The van der Waals surface area contributed by atoms with Gasteiger partial charge in [0.25, 0.3) is 0 Å². The van der Waals surface area contributed by atoms with E-state index in [0.717, 1.165) is 57.4 Å². The molecular formula is C31H50N4O2S. The highest BCUT2D eigenvalue weighted by Crippen LogP contribution is 2.33. The molecule has 2 aromatic rings. The molecule has 0 radical (unpaired) electrons. The fourth-order valence-electron chi connectivity index (χ4n) is 5.54. The molecule has 0 aliphatic heterocycles. The molecule has 1 aliphatic rings. The van der Waals surface area contributed by atoms with Crippen LogP contribution in [0.5, 0.6) is 0 Å². The van der Waals surface area contributed by atoms with E-state index < -0.39 is 0 Å². The summed E-state index contributed by atoms with van der Waals surface area (Å²) >= 11 is 5.68.